The lowest BCUT2D eigenvalue weighted by molar-refractivity contribution is 0.0592. The second-order valence-corrected chi connectivity index (χ2v) is 4.72. The summed E-state index contributed by atoms with van der Waals surface area (Å²) in [4.78, 5) is 19.4. The fourth-order valence-electron chi connectivity index (χ4n) is 2.11. The lowest BCUT2D eigenvalue weighted by Gasteiger charge is -2.25. The van der Waals surface area contributed by atoms with E-state index >= 15 is 0 Å². The molecule has 0 N–H and O–H groups in total. The zero-order chi connectivity index (χ0) is 13.7. The minimum Gasteiger partial charge on any atom is -0.477 e. The van der Waals surface area contributed by atoms with Crippen molar-refractivity contribution in [3.8, 4) is 5.88 Å². The number of hydrogen-bond donors (Lipinski definition) is 0. The topological polar surface area (TPSA) is 61.3 Å². The number of hydrogen-bond acceptors (Lipinski definition) is 5. The molecule has 5 heteroatoms. The van der Waals surface area contributed by atoms with Gasteiger partial charge in [0.25, 0.3) is 0 Å². The highest BCUT2D eigenvalue weighted by Crippen LogP contribution is 2.26. The van der Waals surface area contributed by atoms with Gasteiger partial charge in [0.05, 0.1) is 13.7 Å². The van der Waals surface area contributed by atoms with E-state index in [2.05, 4.69) is 33.8 Å². The molecule has 19 heavy (non-hydrogen) atoms. The second kappa shape index (κ2) is 6.31. The quantitative estimate of drug-likeness (QED) is 0.615. The predicted molar refractivity (Wildman–Crippen MR) is 69.9 cm³/mol. The summed E-state index contributed by atoms with van der Waals surface area (Å²) in [5.74, 6) is 0.842. The van der Waals surface area contributed by atoms with Gasteiger partial charge in [-0.25, -0.2) is 14.8 Å². The van der Waals surface area contributed by atoms with Gasteiger partial charge in [0.1, 0.15) is 11.9 Å². The minimum atomic E-state index is -0.479. The van der Waals surface area contributed by atoms with Crippen LogP contribution in [0.4, 0.5) is 0 Å². The summed E-state index contributed by atoms with van der Waals surface area (Å²) in [6.07, 6.45) is 9.23. The number of ether oxygens (including phenoxy) is 2. The van der Waals surface area contributed by atoms with Gasteiger partial charge in [0.2, 0.25) is 5.88 Å². The molecule has 1 heterocycles. The molecule has 2 atom stereocenters. The van der Waals surface area contributed by atoms with E-state index in [9.17, 15) is 4.79 Å². The number of carbonyl (C=O) groups excluding carboxylic acids is 1. The van der Waals surface area contributed by atoms with Crippen LogP contribution in [0.25, 0.3) is 0 Å². The van der Waals surface area contributed by atoms with Crippen molar-refractivity contribution in [3.05, 3.63) is 30.2 Å². The molecule has 0 radical (unpaired) electrons. The summed E-state index contributed by atoms with van der Waals surface area (Å²) in [5.41, 5.74) is 0.268. The largest absolute Gasteiger partial charge is 0.477 e. The predicted octanol–water partition coefficient (Wildman–Crippen LogP) is 2.24. The number of methoxy groups -OCH3 is 1. The number of rotatable bonds is 4. The van der Waals surface area contributed by atoms with Crippen LogP contribution in [0.3, 0.4) is 0 Å². The Bertz CT molecular complexity index is 474. The van der Waals surface area contributed by atoms with Crippen molar-refractivity contribution in [1.82, 2.24) is 9.97 Å². The molecule has 1 aromatic rings. The van der Waals surface area contributed by atoms with Gasteiger partial charge in [0, 0.05) is 6.20 Å². The SMILES string of the molecule is COC(=O)c1cncnc1OCC1CC=CCC1C. The van der Waals surface area contributed by atoms with Crippen LogP contribution in [-0.2, 0) is 4.74 Å². The van der Waals surface area contributed by atoms with E-state index in [1.165, 1.54) is 19.6 Å². The summed E-state index contributed by atoms with van der Waals surface area (Å²) in [6, 6.07) is 0. The lowest BCUT2D eigenvalue weighted by atomic mass is 9.85. The summed E-state index contributed by atoms with van der Waals surface area (Å²) in [5, 5.41) is 0. The Balaban J connectivity index is 2.03. The number of aromatic nitrogens is 2. The molecule has 0 aromatic carbocycles. The van der Waals surface area contributed by atoms with Crippen LogP contribution < -0.4 is 4.74 Å². The first-order valence-corrected chi connectivity index (χ1v) is 6.38. The molecule has 0 aliphatic heterocycles. The van der Waals surface area contributed by atoms with Crippen molar-refractivity contribution < 1.29 is 14.3 Å². The second-order valence-electron chi connectivity index (χ2n) is 4.72. The van der Waals surface area contributed by atoms with Gasteiger partial charge < -0.3 is 9.47 Å². The molecule has 0 fully saturated rings. The highest BCUT2D eigenvalue weighted by molar-refractivity contribution is 5.91. The highest BCUT2D eigenvalue weighted by atomic mass is 16.5. The molecule has 102 valence electrons. The van der Waals surface area contributed by atoms with Crippen molar-refractivity contribution in [1.29, 1.82) is 0 Å². The van der Waals surface area contributed by atoms with Crippen molar-refractivity contribution in [2.45, 2.75) is 19.8 Å². The average Bonchev–Trinajstić information content (AvgIpc) is 2.46. The Morgan fingerprint density at radius 1 is 1.42 bits per heavy atom. The molecular weight excluding hydrogens is 244 g/mol. The fraction of sp³-hybridized carbons (Fsp3) is 0.500. The van der Waals surface area contributed by atoms with Gasteiger partial charge in [-0.05, 0) is 24.7 Å². The summed E-state index contributed by atoms with van der Waals surface area (Å²) in [7, 11) is 1.33. The molecule has 0 saturated heterocycles. The first-order valence-electron chi connectivity index (χ1n) is 6.38. The molecular formula is C14H18N2O3. The Labute approximate surface area is 112 Å². The molecule has 1 aliphatic rings. The van der Waals surface area contributed by atoms with Crippen molar-refractivity contribution in [2.24, 2.45) is 11.8 Å². The molecule has 5 nitrogen and oxygen atoms in total. The first kappa shape index (κ1) is 13.5. The highest BCUT2D eigenvalue weighted by Gasteiger charge is 2.21. The Kier molecular flexibility index (Phi) is 4.49. The monoisotopic (exact) mass is 262 g/mol. The summed E-state index contributed by atoms with van der Waals surface area (Å²) in [6.45, 7) is 2.76. The molecule has 1 aliphatic carbocycles. The van der Waals surface area contributed by atoms with Gasteiger partial charge in [-0.2, -0.15) is 0 Å². The van der Waals surface area contributed by atoms with Crippen LogP contribution in [0, 0.1) is 11.8 Å². The van der Waals surface area contributed by atoms with Gasteiger partial charge in [-0.3, -0.25) is 0 Å². The van der Waals surface area contributed by atoms with Crippen LogP contribution >= 0.6 is 0 Å². The fourth-order valence-corrected chi connectivity index (χ4v) is 2.11. The Morgan fingerprint density at radius 2 is 2.21 bits per heavy atom. The van der Waals surface area contributed by atoms with E-state index in [1.807, 2.05) is 0 Å². The normalized spacial score (nSPS) is 22.0. The molecule has 2 rings (SSSR count). The van der Waals surface area contributed by atoms with Crippen molar-refractivity contribution in [2.75, 3.05) is 13.7 Å². The third-order valence-corrected chi connectivity index (χ3v) is 3.43. The Hall–Kier alpha value is -1.91. The van der Waals surface area contributed by atoms with Crippen LogP contribution in [0.15, 0.2) is 24.7 Å². The summed E-state index contributed by atoms with van der Waals surface area (Å²) >= 11 is 0. The van der Waals surface area contributed by atoms with Crippen LogP contribution in [0.5, 0.6) is 5.88 Å². The molecule has 2 unspecified atom stereocenters. The maximum Gasteiger partial charge on any atom is 0.344 e. The van der Waals surface area contributed by atoms with Crippen LogP contribution in [-0.4, -0.2) is 29.7 Å². The van der Waals surface area contributed by atoms with Gasteiger partial charge in [-0.1, -0.05) is 19.1 Å². The van der Waals surface area contributed by atoms with E-state index in [0.29, 0.717) is 24.3 Å². The molecule has 0 spiro atoms. The number of allylic oxidation sites excluding steroid dienone is 2. The maximum atomic E-state index is 11.6. The van der Waals surface area contributed by atoms with Gasteiger partial charge in [0.15, 0.2) is 0 Å². The maximum absolute atomic E-state index is 11.6. The van der Waals surface area contributed by atoms with Crippen LogP contribution in [0.2, 0.25) is 0 Å². The molecule has 1 aromatic heterocycles. The number of carbonyl (C=O) groups is 1. The third kappa shape index (κ3) is 3.30. The minimum absolute atomic E-state index is 0.268. The first-order chi connectivity index (χ1) is 9.22. The van der Waals surface area contributed by atoms with Crippen molar-refractivity contribution in [3.63, 3.8) is 0 Å². The van der Waals surface area contributed by atoms with Crippen LogP contribution in [0.1, 0.15) is 30.1 Å². The lowest BCUT2D eigenvalue weighted by Crippen LogP contribution is -2.22. The average molecular weight is 262 g/mol. The van der Waals surface area contributed by atoms with Gasteiger partial charge in [-0.15, -0.1) is 0 Å². The zero-order valence-electron chi connectivity index (χ0n) is 11.2. The molecule has 0 saturated carbocycles. The van der Waals surface area contributed by atoms with Gasteiger partial charge >= 0.3 is 5.97 Å². The number of esters is 1. The van der Waals surface area contributed by atoms with E-state index < -0.39 is 5.97 Å². The standard InChI is InChI=1S/C14H18N2O3/c1-10-5-3-4-6-11(10)8-19-13-12(14(17)18-2)7-15-9-16-13/h3-4,7,9-11H,5-6,8H2,1-2H3. The number of nitrogens with zero attached hydrogens (tertiary/aromatic N) is 2. The summed E-state index contributed by atoms with van der Waals surface area (Å²) < 4.78 is 10.4. The van der Waals surface area contributed by atoms with Crippen molar-refractivity contribution >= 4 is 5.97 Å². The van der Waals surface area contributed by atoms with E-state index in [0.717, 1.165) is 12.8 Å². The van der Waals surface area contributed by atoms with E-state index in [1.54, 1.807) is 0 Å². The smallest absolute Gasteiger partial charge is 0.344 e. The molecule has 0 bridgehead atoms. The van der Waals surface area contributed by atoms with E-state index in [-0.39, 0.29) is 5.56 Å². The van der Waals surface area contributed by atoms with E-state index in [4.69, 9.17) is 4.74 Å². The third-order valence-electron chi connectivity index (χ3n) is 3.43. The molecule has 0 amide bonds. The Morgan fingerprint density at radius 3 is 2.95 bits per heavy atom. The zero-order valence-corrected chi connectivity index (χ0v) is 11.2.